The number of likely N-dealkylation sites (N-methyl/N-ethyl adjacent to an activating group) is 1. The van der Waals surface area contributed by atoms with Gasteiger partial charge in [-0.2, -0.15) is 0 Å². The number of nitrogens with two attached hydrogens (primary N) is 1. The summed E-state index contributed by atoms with van der Waals surface area (Å²) in [6, 6.07) is 4.71. The Labute approximate surface area is 88.6 Å². The number of hydrogen-bond donors (Lipinski definition) is 2. The van der Waals surface area contributed by atoms with Gasteiger partial charge < -0.3 is 15.7 Å². The van der Waals surface area contributed by atoms with E-state index < -0.39 is 0 Å². The molecule has 1 aromatic carbocycles. The fraction of sp³-hybridized carbons (Fsp3) is 0.182. The third-order valence-corrected chi connectivity index (χ3v) is 2.05. The first kappa shape index (κ1) is 11.1. The highest BCUT2D eigenvalue weighted by molar-refractivity contribution is 5.98. The van der Waals surface area contributed by atoms with Crippen molar-refractivity contribution < 1.29 is 9.90 Å². The third kappa shape index (κ3) is 2.28. The minimum absolute atomic E-state index is 0.168. The lowest BCUT2D eigenvalue weighted by Crippen LogP contribution is -2.26. The van der Waals surface area contributed by atoms with Gasteiger partial charge in [-0.25, -0.2) is 0 Å². The Morgan fingerprint density at radius 1 is 1.67 bits per heavy atom. The summed E-state index contributed by atoms with van der Waals surface area (Å²) in [5, 5.41) is 9.59. The van der Waals surface area contributed by atoms with Crippen molar-refractivity contribution in [2.45, 2.75) is 0 Å². The summed E-state index contributed by atoms with van der Waals surface area (Å²) < 4.78 is 0. The molecule has 0 heterocycles. The molecule has 0 atom stereocenters. The van der Waals surface area contributed by atoms with Crippen LogP contribution in [0.5, 0.6) is 5.75 Å². The molecule has 0 aliphatic rings. The molecule has 4 heteroatoms. The van der Waals surface area contributed by atoms with Crippen molar-refractivity contribution in [3.05, 3.63) is 36.4 Å². The van der Waals surface area contributed by atoms with E-state index in [1.54, 1.807) is 25.3 Å². The van der Waals surface area contributed by atoms with Crippen LogP contribution >= 0.6 is 0 Å². The molecule has 0 saturated heterocycles. The van der Waals surface area contributed by atoms with Crippen molar-refractivity contribution in [2.75, 3.05) is 19.3 Å². The van der Waals surface area contributed by atoms with Gasteiger partial charge in [0.15, 0.2) is 5.75 Å². The van der Waals surface area contributed by atoms with Crippen LogP contribution in [0.3, 0.4) is 0 Å². The van der Waals surface area contributed by atoms with Gasteiger partial charge in [-0.3, -0.25) is 4.79 Å². The average Bonchev–Trinajstić information content (AvgIpc) is 2.21. The second kappa shape index (κ2) is 4.50. The summed E-state index contributed by atoms with van der Waals surface area (Å²) in [7, 11) is 1.63. The van der Waals surface area contributed by atoms with Crippen LogP contribution in [0.25, 0.3) is 0 Å². The summed E-state index contributed by atoms with van der Waals surface area (Å²) in [5.74, 6) is -0.446. The summed E-state index contributed by atoms with van der Waals surface area (Å²) in [5.41, 5.74) is 5.90. The molecular formula is C11H14N2O2. The highest BCUT2D eigenvalue weighted by Crippen LogP contribution is 2.25. The van der Waals surface area contributed by atoms with Crippen LogP contribution in [-0.4, -0.2) is 29.5 Å². The van der Waals surface area contributed by atoms with Gasteiger partial charge in [0.25, 0.3) is 5.91 Å². The van der Waals surface area contributed by atoms with Gasteiger partial charge >= 0.3 is 0 Å². The standard InChI is InChI=1S/C11H14N2O2/c1-3-7-13(2)11(15)8-5-4-6-9(12)10(8)14/h3-6,14H,1,7,12H2,2H3. The van der Waals surface area contributed by atoms with E-state index in [1.165, 1.54) is 11.0 Å². The molecule has 80 valence electrons. The molecule has 15 heavy (non-hydrogen) atoms. The van der Waals surface area contributed by atoms with Crippen LogP contribution in [0.2, 0.25) is 0 Å². The molecule has 0 fully saturated rings. The molecule has 1 amide bonds. The normalized spacial score (nSPS) is 9.67. The Kier molecular flexibility index (Phi) is 3.33. The SMILES string of the molecule is C=CCN(C)C(=O)c1cccc(N)c1O. The van der Waals surface area contributed by atoms with Gasteiger partial charge in [-0.1, -0.05) is 12.1 Å². The Hall–Kier alpha value is -1.97. The lowest BCUT2D eigenvalue weighted by atomic mass is 10.1. The number of benzene rings is 1. The van der Waals surface area contributed by atoms with Gasteiger partial charge in [-0.05, 0) is 12.1 Å². The number of para-hydroxylation sites is 1. The van der Waals surface area contributed by atoms with Gasteiger partial charge in [0.1, 0.15) is 0 Å². The number of anilines is 1. The number of carbonyl (C=O) groups is 1. The van der Waals surface area contributed by atoms with Gasteiger partial charge in [0, 0.05) is 13.6 Å². The molecule has 0 radical (unpaired) electrons. The first-order valence-corrected chi connectivity index (χ1v) is 4.51. The van der Waals surface area contributed by atoms with Crippen LogP contribution in [0.1, 0.15) is 10.4 Å². The van der Waals surface area contributed by atoms with Crippen molar-refractivity contribution in [1.82, 2.24) is 4.90 Å². The fourth-order valence-electron chi connectivity index (χ4n) is 1.22. The molecule has 0 bridgehead atoms. The molecule has 3 N–H and O–H groups in total. The molecule has 0 spiro atoms. The molecule has 0 aliphatic carbocycles. The zero-order valence-corrected chi connectivity index (χ0v) is 8.60. The molecule has 0 saturated carbocycles. The van der Waals surface area contributed by atoms with E-state index in [4.69, 9.17) is 5.73 Å². The van der Waals surface area contributed by atoms with Crippen molar-refractivity contribution in [3.8, 4) is 5.75 Å². The molecule has 0 aromatic heterocycles. The molecule has 0 aliphatic heterocycles. The number of nitrogens with zero attached hydrogens (tertiary/aromatic N) is 1. The quantitative estimate of drug-likeness (QED) is 0.444. The Morgan fingerprint density at radius 2 is 2.33 bits per heavy atom. The number of aromatic hydroxyl groups is 1. The van der Waals surface area contributed by atoms with Crippen molar-refractivity contribution in [3.63, 3.8) is 0 Å². The van der Waals surface area contributed by atoms with E-state index in [1.807, 2.05) is 0 Å². The van der Waals surface area contributed by atoms with Crippen LogP contribution in [-0.2, 0) is 0 Å². The Morgan fingerprint density at radius 3 is 2.93 bits per heavy atom. The van der Waals surface area contributed by atoms with Crippen LogP contribution in [0.15, 0.2) is 30.9 Å². The van der Waals surface area contributed by atoms with Crippen LogP contribution in [0, 0.1) is 0 Å². The van der Waals surface area contributed by atoms with Gasteiger partial charge in [0.2, 0.25) is 0 Å². The lowest BCUT2D eigenvalue weighted by molar-refractivity contribution is 0.0807. The predicted octanol–water partition coefficient (Wildman–Crippen LogP) is 1.23. The molecule has 1 rings (SSSR count). The van der Waals surface area contributed by atoms with Gasteiger partial charge in [-0.15, -0.1) is 6.58 Å². The molecule has 0 unspecified atom stereocenters. The maximum absolute atomic E-state index is 11.8. The van der Waals surface area contributed by atoms with E-state index in [0.717, 1.165) is 0 Å². The number of hydrogen-bond acceptors (Lipinski definition) is 3. The maximum Gasteiger partial charge on any atom is 0.257 e. The summed E-state index contributed by atoms with van der Waals surface area (Å²) in [6.45, 7) is 3.96. The van der Waals surface area contributed by atoms with E-state index >= 15 is 0 Å². The third-order valence-electron chi connectivity index (χ3n) is 2.05. The summed E-state index contributed by atoms with van der Waals surface area (Å²) in [6.07, 6.45) is 1.61. The molecule has 4 nitrogen and oxygen atoms in total. The van der Waals surface area contributed by atoms with Crippen molar-refractivity contribution in [1.29, 1.82) is 0 Å². The van der Waals surface area contributed by atoms with Crippen molar-refractivity contribution >= 4 is 11.6 Å². The van der Waals surface area contributed by atoms with Gasteiger partial charge in [0.05, 0.1) is 11.3 Å². The van der Waals surface area contributed by atoms with E-state index in [0.29, 0.717) is 6.54 Å². The zero-order valence-electron chi connectivity index (χ0n) is 8.60. The predicted molar refractivity (Wildman–Crippen MR) is 59.7 cm³/mol. The smallest absolute Gasteiger partial charge is 0.257 e. The number of phenols is 1. The molecular weight excluding hydrogens is 192 g/mol. The summed E-state index contributed by atoms with van der Waals surface area (Å²) >= 11 is 0. The Bertz CT molecular complexity index is 388. The lowest BCUT2D eigenvalue weighted by Gasteiger charge is -2.15. The Balaban J connectivity index is 3.01. The number of nitrogen functional groups attached to an aromatic ring is 1. The van der Waals surface area contributed by atoms with E-state index in [9.17, 15) is 9.90 Å². The monoisotopic (exact) mass is 206 g/mol. The topological polar surface area (TPSA) is 66.6 Å². The maximum atomic E-state index is 11.8. The average molecular weight is 206 g/mol. The minimum Gasteiger partial charge on any atom is -0.505 e. The largest absolute Gasteiger partial charge is 0.505 e. The highest BCUT2D eigenvalue weighted by Gasteiger charge is 2.15. The van der Waals surface area contributed by atoms with Crippen LogP contribution in [0.4, 0.5) is 5.69 Å². The first-order valence-electron chi connectivity index (χ1n) is 4.51. The number of carbonyl (C=O) groups excluding carboxylic acids is 1. The number of phenolic OH excluding ortho intramolecular Hbond substituents is 1. The minimum atomic E-state index is -0.278. The second-order valence-electron chi connectivity index (χ2n) is 3.22. The number of rotatable bonds is 3. The van der Waals surface area contributed by atoms with Crippen LogP contribution < -0.4 is 5.73 Å². The zero-order chi connectivity index (χ0) is 11.4. The second-order valence-corrected chi connectivity index (χ2v) is 3.22. The molecule has 1 aromatic rings. The van der Waals surface area contributed by atoms with E-state index in [2.05, 4.69) is 6.58 Å². The highest BCUT2D eigenvalue weighted by atomic mass is 16.3. The summed E-state index contributed by atoms with van der Waals surface area (Å²) in [4.78, 5) is 13.2. The van der Waals surface area contributed by atoms with Crippen molar-refractivity contribution in [2.24, 2.45) is 0 Å². The fourth-order valence-corrected chi connectivity index (χ4v) is 1.22. The first-order chi connectivity index (χ1) is 7.07. The number of amides is 1. The van der Waals surface area contributed by atoms with E-state index in [-0.39, 0.29) is 22.9 Å².